The largest absolute Gasteiger partial charge is 0.626 e. The number of hydroxylamine groups is 2. The van der Waals surface area contributed by atoms with Crippen LogP contribution in [0.1, 0.15) is 19.3 Å². The fourth-order valence-electron chi connectivity index (χ4n) is 2.02. The second kappa shape index (κ2) is 4.73. The van der Waals surface area contributed by atoms with Gasteiger partial charge in [0.2, 0.25) is 0 Å². The molecule has 0 aromatic carbocycles. The van der Waals surface area contributed by atoms with Crippen molar-refractivity contribution in [2.24, 2.45) is 0 Å². The highest BCUT2D eigenvalue weighted by Gasteiger charge is 2.54. The molecule has 6 heteroatoms. The van der Waals surface area contributed by atoms with Gasteiger partial charge in [0.05, 0.1) is 12.8 Å². The monoisotopic (exact) mass is 221 g/mol. The molecule has 1 rings (SSSR count). The molecule has 0 bridgehead atoms. The second-order valence-electron chi connectivity index (χ2n) is 3.50. The standard InChI is InChI=1S/C9H19NO5/c1-12-8(13-2)6-5-7-9(14-3,15-4)10(8)11/h10H,5-7H2,1-4H3. The van der Waals surface area contributed by atoms with E-state index in [4.69, 9.17) is 18.9 Å². The Balaban J connectivity index is 2.95. The number of nitrogens with one attached hydrogen (secondary N) is 1. The fourth-order valence-corrected chi connectivity index (χ4v) is 2.02. The highest BCUT2D eigenvalue weighted by Crippen LogP contribution is 2.26. The van der Waals surface area contributed by atoms with Crippen LogP contribution in [-0.4, -0.2) is 40.3 Å². The minimum absolute atomic E-state index is 0.309. The molecule has 0 aliphatic carbocycles. The summed E-state index contributed by atoms with van der Waals surface area (Å²) in [5.41, 5.74) is 0. The van der Waals surface area contributed by atoms with Crippen LogP contribution >= 0.6 is 0 Å². The molecule has 0 unspecified atom stereocenters. The predicted molar refractivity (Wildman–Crippen MR) is 51.7 cm³/mol. The van der Waals surface area contributed by atoms with Crippen molar-refractivity contribution in [1.82, 2.24) is 0 Å². The summed E-state index contributed by atoms with van der Waals surface area (Å²) in [4.78, 5) is 0. The third kappa shape index (κ3) is 1.89. The number of hydrogen-bond donors (Lipinski definition) is 1. The maximum atomic E-state index is 12.2. The van der Waals surface area contributed by atoms with Gasteiger partial charge in [0.1, 0.15) is 0 Å². The minimum Gasteiger partial charge on any atom is -0.626 e. The average molecular weight is 221 g/mol. The first-order valence-corrected chi connectivity index (χ1v) is 4.86. The molecule has 6 nitrogen and oxygen atoms in total. The van der Waals surface area contributed by atoms with E-state index in [-0.39, 0.29) is 5.06 Å². The van der Waals surface area contributed by atoms with Crippen LogP contribution in [0, 0.1) is 5.21 Å². The van der Waals surface area contributed by atoms with Crippen LogP contribution in [0.3, 0.4) is 0 Å². The third-order valence-corrected chi connectivity index (χ3v) is 3.02. The van der Waals surface area contributed by atoms with Crippen LogP contribution in [0.2, 0.25) is 0 Å². The molecular weight excluding hydrogens is 202 g/mol. The summed E-state index contributed by atoms with van der Waals surface area (Å²) in [5.74, 6) is -2.46. The van der Waals surface area contributed by atoms with E-state index in [9.17, 15) is 5.21 Å². The zero-order chi connectivity index (χ0) is 11.5. The lowest BCUT2D eigenvalue weighted by Crippen LogP contribution is -3.25. The van der Waals surface area contributed by atoms with Gasteiger partial charge in [0.25, 0.3) is 0 Å². The minimum atomic E-state index is -1.23. The molecule has 90 valence electrons. The molecule has 0 saturated carbocycles. The van der Waals surface area contributed by atoms with E-state index in [0.29, 0.717) is 12.8 Å². The number of rotatable bonds is 4. The average Bonchev–Trinajstić information content (AvgIpc) is 2.30. The van der Waals surface area contributed by atoms with Gasteiger partial charge in [0.15, 0.2) is 0 Å². The molecule has 0 amide bonds. The van der Waals surface area contributed by atoms with E-state index in [1.54, 1.807) is 0 Å². The molecule has 1 aliphatic heterocycles. The van der Waals surface area contributed by atoms with Crippen molar-refractivity contribution < 1.29 is 24.0 Å². The molecule has 15 heavy (non-hydrogen) atoms. The van der Waals surface area contributed by atoms with Gasteiger partial charge in [-0.1, -0.05) is 0 Å². The van der Waals surface area contributed by atoms with E-state index >= 15 is 0 Å². The van der Waals surface area contributed by atoms with Gasteiger partial charge in [-0.3, -0.25) is 5.06 Å². The lowest BCUT2D eigenvalue weighted by molar-refractivity contribution is -1.06. The van der Waals surface area contributed by atoms with Gasteiger partial charge in [-0.25, -0.2) is 0 Å². The number of ether oxygens (including phenoxy) is 4. The van der Waals surface area contributed by atoms with Gasteiger partial charge in [-0.2, -0.15) is 0 Å². The Hall–Kier alpha value is -0.240. The van der Waals surface area contributed by atoms with Crippen molar-refractivity contribution in [1.29, 1.82) is 0 Å². The third-order valence-electron chi connectivity index (χ3n) is 3.02. The molecule has 1 heterocycles. The Morgan fingerprint density at radius 3 is 1.47 bits per heavy atom. The summed E-state index contributed by atoms with van der Waals surface area (Å²) in [6.07, 6.45) is 1.79. The number of methoxy groups -OCH3 is 4. The smallest absolute Gasteiger partial charge is 0.320 e. The molecular formula is C9H19NO5. The summed E-state index contributed by atoms with van der Waals surface area (Å²) in [7, 11) is 5.79. The van der Waals surface area contributed by atoms with E-state index in [1.165, 1.54) is 28.4 Å². The summed E-state index contributed by atoms with van der Waals surface area (Å²) >= 11 is 0. The first-order valence-electron chi connectivity index (χ1n) is 4.86. The highest BCUT2D eigenvalue weighted by atomic mass is 16.8. The Labute approximate surface area is 89.6 Å². The molecule has 0 radical (unpaired) electrons. The maximum absolute atomic E-state index is 12.2. The van der Waals surface area contributed by atoms with Crippen molar-refractivity contribution in [3.63, 3.8) is 0 Å². The Bertz CT molecular complexity index is 183. The van der Waals surface area contributed by atoms with Crippen LogP contribution in [0.4, 0.5) is 0 Å². The fraction of sp³-hybridized carbons (Fsp3) is 1.00. The number of piperidine rings is 1. The number of hydrogen-bond acceptors (Lipinski definition) is 5. The highest BCUT2D eigenvalue weighted by molar-refractivity contribution is 4.69. The van der Waals surface area contributed by atoms with E-state index in [2.05, 4.69) is 0 Å². The maximum Gasteiger partial charge on any atom is 0.320 e. The molecule has 1 saturated heterocycles. The molecule has 0 atom stereocenters. The van der Waals surface area contributed by atoms with Crippen LogP contribution < -0.4 is 5.06 Å². The van der Waals surface area contributed by atoms with Crippen molar-refractivity contribution in [2.75, 3.05) is 28.4 Å². The van der Waals surface area contributed by atoms with E-state index in [1.807, 2.05) is 0 Å². The lowest BCUT2D eigenvalue weighted by atomic mass is 10.1. The zero-order valence-corrected chi connectivity index (χ0v) is 9.66. The molecule has 1 N–H and O–H groups in total. The lowest BCUT2D eigenvalue weighted by Gasteiger charge is -2.51. The second-order valence-corrected chi connectivity index (χ2v) is 3.50. The van der Waals surface area contributed by atoms with Gasteiger partial charge >= 0.3 is 11.8 Å². The van der Waals surface area contributed by atoms with Crippen molar-refractivity contribution >= 4 is 0 Å². The molecule has 0 aromatic heterocycles. The van der Waals surface area contributed by atoms with E-state index < -0.39 is 11.8 Å². The van der Waals surface area contributed by atoms with Gasteiger partial charge in [0, 0.05) is 28.4 Å². The Morgan fingerprint density at radius 1 is 0.867 bits per heavy atom. The first kappa shape index (κ1) is 12.8. The van der Waals surface area contributed by atoms with Crippen molar-refractivity contribution in [3.05, 3.63) is 5.21 Å². The van der Waals surface area contributed by atoms with Gasteiger partial charge in [-0.05, 0) is 6.42 Å². The predicted octanol–water partition coefficient (Wildman–Crippen LogP) is -0.554. The summed E-state index contributed by atoms with van der Waals surface area (Å²) in [6.45, 7) is 0. The quantitative estimate of drug-likeness (QED) is 0.509. The summed E-state index contributed by atoms with van der Waals surface area (Å²) in [5, 5.41) is 11.9. The van der Waals surface area contributed by atoms with Crippen molar-refractivity contribution in [2.45, 2.75) is 31.1 Å². The van der Waals surface area contributed by atoms with Crippen molar-refractivity contribution in [3.8, 4) is 0 Å². The van der Waals surface area contributed by atoms with E-state index in [0.717, 1.165) is 6.42 Å². The zero-order valence-electron chi connectivity index (χ0n) is 9.66. The molecule has 1 aliphatic rings. The van der Waals surface area contributed by atoms with Crippen LogP contribution in [0.25, 0.3) is 0 Å². The molecule has 1 fully saturated rings. The Kier molecular flexibility index (Phi) is 4.05. The molecule has 0 spiro atoms. The topological polar surface area (TPSA) is 64.4 Å². The summed E-state index contributed by atoms with van der Waals surface area (Å²) in [6, 6.07) is 0. The Morgan fingerprint density at radius 2 is 1.20 bits per heavy atom. The SMILES string of the molecule is COC1(OC)CCCC(OC)(OC)[NH+]1[O-]. The van der Waals surface area contributed by atoms with Crippen LogP contribution in [-0.2, 0) is 18.9 Å². The van der Waals surface area contributed by atoms with Gasteiger partial charge < -0.3 is 24.2 Å². The first-order chi connectivity index (χ1) is 7.10. The number of quaternary nitrogens is 1. The van der Waals surface area contributed by atoms with Crippen LogP contribution in [0.5, 0.6) is 0 Å². The normalized spacial score (nSPS) is 25.4. The molecule has 0 aromatic rings. The van der Waals surface area contributed by atoms with Gasteiger partial charge in [-0.15, -0.1) is 0 Å². The van der Waals surface area contributed by atoms with Crippen LogP contribution in [0.15, 0.2) is 0 Å². The summed E-state index contributed by atoms with van der Waals surface area (Å²) < 4.78 is 20.7.